The maximum atomic E-state index is 12.5. The van der Waals surface area contributed by atoms with Crippen molar-refractivity contribution in [2.75, 3.05) is 38.1 Å². The Kier molecular flexibility index (Phi) is 6.00. The molecular weight excluding hydrogens is 310 g/mol. The van der Waals surface area contributed by atoms with E-state index in [0.717, 1.165) is 44.9 Å². The molecule has 0 spiro atoms. The number of carbonyl (C=O) groups is 1. The van der Waals surface area contributed by atoms with Crippen LogP contribution in [0.3, 0.4) is 0 Å². The van der Waals surface area contributed by atoms with Crippen molar-refractivity contribution in [2.24, 2.45) is 11.8 Å². The number of amides is 1. The van der Waals surface area contributed by atoms with E-state index in [4.69, 9.17) is 0 Å². The largest absolute Gasteiger partial charge is 0.372 e. The van der Waals surface area contributed by atoms with E-state index in [1.807, 2.05) is 0 Å². The summed E-state index contributed by atoms with van der Waals surface area (Å²) in [4.78, 5) is 17.3. The van der Waals surface area contributed by atoms with Gasteiger partial charge in [0.05, 0.1) is 6.04 Å². The van der Waals surface area contributed by atoms with E-state index in [2.05, 4.69) is 60.3 Å². The highest BCUT2D eigenvalue weighted by molar-refractivity contribution is 5.79. The molecule has 2 aliphatic heterocycles. The van der Waals surface area contributed by atoms with Gasteiger partial charge in [-0.1, -0.05) is 19.1 Å². The molecule has 0 aromatic heterocycles. The standard InChI is InChI=1S/C21H33N3O/c1-16-8-14-24(15-9-16)20-6-4-18(5-7-20)17(2)22-21(25)19-10-12-23(3)13-11-19/h4-7,16-17,19H,8-15H2,1-3H3,(H,22,25)/t17-/m0/s1. The maximum Gasteiger partial charge on any atom is 0.223 e. The molecule has 138 valence electrons. The second kappa shape index (κ2) is 8.22. The molecule has 2 aliphatic rings. The molecule has 2 saturated heterocycles. The van der Waals surface area contributed by atoms with Crippen LogP contribution in [0.15, 0.2) is 24.3 Å². The zero-order chi connectivity index (χ0) is 17.8. The molecule has 3 rings (SSSR count). The first-order chi connectivity index (χ1) is 12.0. The highest BCUT2D eigenvalue weighted by Crippen LogP contribution is 2.25. The van der Waals surface area contributed by atoms with Crippen molar-refractivity contribution in [1.29, 1.82) is 0 Å². The Morgan fingerprint density at radius 3 is 2.24 bits per heavy atom. The van der Waals surface area contributed by atoms with Crippen LogP contribution in [0.2, 0.25) is 0 Å². The maximum absolute atomic E-state index is 12.5. The van der Waals surface area contributed by atoms with Crippen molar-refractivity contribution in [3.63, 3.8) is 0 Å². The molecule has 2 heterocycles. The van der Waals surface area contributed by atoms with Crippen LogP contribution < -0.4 is 10.2 Å². The van der Waals surface area contributed by atoms with Crippen LogP contribution in [0, 0.1) is 11.8 Å². The molecule has 0 aliphatic carbocycles. The van der Waals surface area contributed by atoms with Crippen molar-refractivity contribution in [3.8, 4) is 0 Å². The van der Waals surface area contributed by atoms with E-state index in [9.17, 15) is 4.79 Å². The predicted octanol–water partition coefficient (Wildman–Crippen LogP) is 3.44. The third-order valence-corrected chi connectivity index (χ3v) is 5.99. The summed E-state index contributed by atoms with van der Waals surface area (Å²) < 4.78 is 0. The van der Waals surface area contributed by atoms with E-state index in [-0.39, 0.29) is 17.9 Å². The van der Waals surface area contributed by atoms with Crippen molar-refractivity contribution in [3.05, 3.63) is 29.8 Å². The summed E-state index contributed by atoms with van der Waals surface area (Å²) in [7, 11) is 2.13. The third-order valence-electron chi connectivity index (χ3n) is 5.99. The SMILES string of the molecule is CC1CCN(c2ccc([C@H](C)NC(=O)C3CCN(C)CC3)cc2)CC1. The number of likely N-dealkylation sites (tertiary alicyclic amines) is 1. The minimum absolute atomic E-state index is 0.0718. The monoisotopic (exact) mass is 343 g/mol. The number of benzene rings is 1. The number of anilines is 1. The highest BCUT2D eigenvalue weighted by atomic mass is 16.1. The summed E-state index contributed by atoms with van der Waals surface area (Å²) in [5.74, 6) is 1.24. The van der Waals surface area contributed by atoms with Crippen LogP contribution in [0.25, 0.3) is 0 Å². The lowest BCUT2D eigenvalue weighted by molar-refractivity contribution is -0.127. The molecule has 0 unspecified atom stereocenters. The quantitative estimate of drug-likeness (QED) is 0.910. The van der Waals surface area contributed by atoms with E-state index in [1.165, 1.54) is 24.1 Å². The van der Waals surface area contributed by atoms with Gasteiger partial charge in [-0.3, -0.25) is 4.79 Å². The molecule has 4 nitrogen and oxygen atoms in total. The van der Waals surface area contributed by atoms with Crippen LogP contribution in [0.5, 0.6) is 0 Å². The van der Waals surface area contributed by atoms with Crippen LogP contribution in [0.4, 0.5) is 5.69 Å². The summed E-state index contributed by atoms with van der Waals surface area (Å²) in [6, 6.07) is 8.84. The van der Waals surface area contributed by atoms with Crippen LogP contribution >= 0.6 is 0 Å². The predicted molar refractivity (Wildman–Crippen MR) is 104 cm³/mol. The molecule has 1 N–H and O–H groups in total. The van der Waals surface area contributed by atoms with Gasteiger partial charge in [0, 0.05) is 24.7 Å². The number of hydrogen-bond acceptors (Lipinski definition) is 3. The first kappa shape index (κ1) is 18.2. The van der Waals surface area contributed by atoms with Crippen molar-refractivity contribution in [1.82, 2.24) is 10.2 Å². The molecule has 2 fully saturated rings. The zero-order valence-electron chi connectivity index (χ0n) is 16.0. The molecule has 1 amide bonds. The molecular formula is C21H33N3O. The van der Waals surface area contributed by atoms with Crippen molar-refractivity contribution in [2.45, 2.75) is 45.6 Å². The van der Waals surface area contributed by atoms with Crippen LogP contribution in [-0.2, 0) is 4.79 Å². The normalized spacial score (nSPS) is 22.0. The first-order valence-electron chi connectivity index (χ1n) is 9.86. The van der Waals surface area contributed by atoms with E-state index >= 15 is 0 Å². The average Bonchev–Trinajstić information content (AvgIpc) is 2.63. The molecule has 1 atom stereocenters. The molecule has 0 bridgehead atoms. The van der Waals surface area contributed by atoms with Crippen LogP contribution in [-0.4, -0.2) is 44.0 Å². The fraction of sp³-hybridized carbons (Fsp3) is 0.667. The van der Waals surface area contributed by atoms with Gasteiger partial charge in [0.2, 0.25) is 5.91 Å². The van der Waals surface area contributed by atoms with Gasteiger partial charge in [0.25, 0.3) is 0 Å². The third kappa shape index (κ3) is 4.75. The molecule has 1 aromatic rings. The summed E-state index contributed by atoms with van der Waals surface area (Å²) in [6.45, 7) is 8.79. The number of rotatable bonds is 4. The lowest BCUT2D eigenvalue weighted by Gasteiger charge is -2.32. The van der Waals surface area contributed by atoms with Gasteiger partial charge < -0.3 is 15.1 Å². The first-order valence-corrected chi connectivity index (χ1v) is 9.86. The van der Waals surface area contributed by atoms with Gasteiger partial charge in [0.1, 0.15) is 0 Å². The Morgan fingerprint density at radius 1 is 1.04 bits per heavy atom. The fourth-order valence-electron chi connectivity index (χ4n) is 3.93. The fourth-order valence-corrected chi connectivity index (χ4v) is 3.93. The topological polar surface area (TPSA) is 35.6 Å². The van der Waals surface area contributed by atoms with Gasteiger partial charge in [-0.15, -0.1) is 0 Å². The lowest BCUT2D eigenvalue weighted by Crippen LogP contribution is -2.39. The van der Waals surface area contributed by atoms with Gasteiger partial charge in [-0.2, -0.15) is 0 Å². The second-order valence-corrected chi connectivity index (χ2v) is 8.07. The average molecular weight is 344 g/mol. The minimum Gasteiger partial charge on any atom is -0.372 e. The van der Waals surface area contributed by atoms with Crippen molar-refractivity contribution >= 4 is 11.6 Å². The molecule has 1 aromatic carbocycles. The number of hydrogen-bond donors (Lipinski definition) is 1. The minimum atomic E-state index is 0.0718. The highest BCUT2D eigenvalue weighted by Gasteiger charge is 2.24. The summed E-state index contributed by atoms with van der Waals surface area (Å²) in [6.07, 6.45) is 4.51. The van der Waals surface area contributed by atoms with Gasteiger partial charge in [-0.25, -0.2) is 0 Å². The Hall–Kier alpha value is -1.55. The smallest absolute Gasteiger partial charge is 0.223 e. The molecule has 0 saturated carbocycles. The van der Waals surface area contributed by atoms with Gasteiger partial charge in [0.15, 0.2) is 0 Å². The zero-order valence-corrected chi connectivity index (χ0v) is 16.0. The second-order valence-electron chi connectivity index (χ2n) is 8.07. The molecule has 4 heteroatoms. The molecule has 0 radical (unpaired) electrons. The summed E-state index contributed by atoms with van der Waals surface area (Å²) in [5.41, 5.74) is 2.50. The van der Waals surface area contributed by atoms with Crippen molar-refractivity contribution < 1.29 is 4.79 Å². The van der Waals surface area contributed by atoms with E-state index < -0.39 is 0 Å². The Labute approximate surface area is 152 Å². The van der Waals surface area contributed by atoms with E-state index in [0.29, 0.717) is 0 Å². The van der Waals surface area contributed by atoms with Crippen LogP contribution in [0.1, 0.15) is 51.1 Å². The number of carbonyl (C=O) groups excluding carboxylic acids is 1. The van der Waals surface area contributed by atoms with Gasteiger partial charge in [-0.05, 0) is 76.4 Å². The summed E-state index contributed by atoms with van der Waals surface area (Å²) in [5, 5.41) is 3.21. The lowest BCUT2D eigenvalue weighted by atomic mass is 9.95. The van der Waals surface area contributed by atoms with E-state index in [1.54, 1.807) is 0 Å². The summed E-state index contributed by atoms with van der Waals surface area (Å²) >= 11 is 0. The van der Waals surface area contributed by atoms with Gasteiger partial charge >= 0.3 is 0 Å². The number of nitrogens with zero attached hydrogens (tertiary/aromatic N) is 2. The Balaban J connectivity index is 1.53. The Bertz CT molecular complexity index is 555. The number of piperidine rings is 2. The Morgan fingerprint density at radius 2 is 1.64 bits per heavy atom. The number of nitrogens with one attached hydrogen (secondary N) is 1. The molecule has 25 heavy (non-hydrogen) atoms.